The van der Waals surface area contributed by atoms with Crippen LogP contribution in [0.25, 0.3) is 0 Å². The quantitative estimate of drug-likeness (QED) is 0.754. The van der Waals surface area contributed by atoms with Gasteiger partial charge < -0.3 is 10.6 Å². The molecule has 1 saturated heterocycles. The highest BCUT2D eigenvalue weighted by Crippen LogP contribution is 2.11. The lowest BCUT2D eigenvalue weighted by atomic mass is 10.1. The maximum Gasteiger partial charge on any atom is 0.238 e. The average molecular weight is 283 g/mol. The van der Waals surface area contributed by atoms with Crippen molar-refractivity contribution < 1.29 is 8.42 Å². The molecule has 0 amide bonds. The van der Waals surface area contributed by atoms with E-state index >= 15 is 0 Å². The van der Waals surface area contributed by atoms with Gasteiger partial charge >= 0.3 is 0 Å². The summed E-state index contributed by atoms with van der Waals surface area (Å²) in [6.45, 7) is 2.79. The summed E-state index contributed by atoms with van der Waals surface area (Å²) >= 11 is 0. The Morgan fingerprint density at radius 2 is 2.16 bits per heavy atom. The number of primary sulfonamides is 1. The van der Waals surface area contributed by atoms with Crippen molar-refractivity contribution in [2.45, 2.75) is 36.7 Å². The van der Waals surface area contributed by atoms with Gasteiger partial charge in [-0.3, -0.25) is 0 Å². The number of rotatable bonds is 4. The number of nitrogens with two attached hydrogens (primary N) is 1. The molecule has 1 aliphatic rings. The lowest BCUT2D eigenvalue weighted by molar-refractivity contribution is 0.468. The molecular formula is C13H21N3O2S. The van der Waals surface area contributed by atoms with E-state index in [0.29, 0.717) is 12.6 Å². The van der Waals surface area contributed by atoms with Gasteiger partial charge in [0.1, 0.15) is 0 Å². The molecule has 1 unspecified atom stereocenters. The van der Waals surface area contributed by atoms with E-state index in [1.807, 2.05) is 6.07 Å². The molecule has 0 bridgehead atoms. The fourth-order valence-corrected chi connectivity index (χ4v) is 2.90. The molecule has 1 fully saturated rings. The number of hydrogen-bond acceptors (Lipinski definition) is 4. The molecule has 0 spiro atoms. The molecular weight excluding hydrogens is 262 g/mol. The van der Waals surface area contributed by atoms with Crippen LogP contribution >= 0.6 is 0 Å². The smallest absolute Gasteiger partial charge is 0.238 e. The Morgan fingerprint density at radius 3 is 2.95 bits per heavy atom. The molecule has 1 heterocycles. The van der Waals surface area contributed by atoms with E-state index in [2.05, 4.69) is 10.6 Å². The van der Waals surface area contributed by atoms with Crippen molar-refractivity contribution in [2.24, 2.45) is 5.14 Å². The van der Waals surface area contributed by atoms with Crippen molar-refractivity contribution in [3.05, 3.63) is 29.8 Å². The lowest BCUT2D eigenvalue weighted by Gasteiger charge is -2.16. The Morgan fingerprint density at radius 1 is 1.32 bits per heavy atom. The molecule has 0 aromatic heterocycles. The van der Waals surface area contributed by atoms with Gasteiger partial charge in [-0.2, -0.15) is 0 Å². The second-order valence-corrected chi connectivity index (χ2v) is 6.51. The monoisotopic (exact) mass is 283 g/mol. The summed E-state index contributed by atoms with van der Waals surface area (Å²) < 4.78 is 22.6. The molecule has 1 aromatic rings. The molecule has 0 aliphatic carbocycles. The number of benzene rings is 1. The molecule has 19 heavy (non-hydrogen) atoms. The second kappa shape index (κ2) is 6.47. The summed E-state index contributed by atoms with van der Waals surface area (Å²) in [6, 6.07) is 7.29. The average Bonchev–Trinajstić information content (AvgIpc) is 2.64. The van der Waals surface area contributed by atoms with E-state index in [-0.39, 0.29) is 4.90 Å². The Labute approximate surface area is 114 Å². The Balaban J connectivity index is 1.95. The van der Waals surface area contributed by atoms with Gasteiger partial charge in [0.15, 0.2) is 0 Å². The standard InChI is InChI=1S/C13H21N3O2S/c14-19(17,18)13-5-1-3-11(9-13)10-16-12-4-2-7-15-8-6-12/h1,3,5,9,12,15-16H,2,4,6-8,10H2,(H2,14,17,18). The van der Waals surface area contributed by atoms with Crippen molar-refractivity contribution in [3.8, 4) is 0 Å². The molecule has 1 atom stereocenters. The molecule has 0 radical (unpaired) electrons. The minimum Gasteiger partial charge on any atom is -0.317 e. The number of sulfonamides is 1. The number of hydrogen-bond donors (Lipinski definition) is 3. The topological polar surface area (TPSA) is 84.2 Å². The molecule has 6 heteroatoms. The molecule has 5 nitrogen and oxygen atoms in total. The minimum absolute atomic E-state index is 0.175. The third kappa shape index (κ3) is 4.58. The van der Waals surface area contributed by atoms with Crippen LogP contribution in [-0.2, 0) is 16.6 Å². The summed E-state index contributed by atoms with van der Waals surface area (Å²) in [5.74, 6) is 0. The first-order valence-corrected chi connectivity index (χ1v) is 8.16. The van der Waals surface area contributed by atoms with Crippen LogP contribution in [0, 0.1) is 0 Å². The van der Waals surface area contributed by atoms with Crippen molar-refractivity contribution in [3.63, 3.8) is 0 Å². The van der Waals surface area contributed by atoms with Gasteiger partial charge in [-0.15, -0.1) is 0 Å². The fourth-order valence-electron chi connectivity index (χ4n) is 2.32. The van der Waals surface area contributed by atoms with Crippen molar-refractivity contribution in [1.82, 2.24) is 10.6 Å². The van der Waals surface area contributed by atoms with Gasteiger partial charge in [-0.05, 0) is 50.0 Å². The summed E-state index contributed by atoms with van der Waals surface area (Å²) in [7, 11) is -3.61. The Bertz CT molecular complexity index is 508. The summed E-state index contributed by atoms with van der Waals surface area (Å²) in [5, 5.41) is 12.0. The zero-order valence-electron chi connectivity index (χ0n) is 10.9. The first kappa shape index (κ1) is 14.5. The molecule has 2 rings (SSSR count). The highest BCUT2D eigenvalue weighted by atomic mass is 32.2. The predicted octanol–water partition coefficient (Wildman–Crippen LogP) is 0.566. The van der Waals surface area contributed by atoms with E-state index in [9.17, 15) is 8.42 Å². The highest BCUT2D eigenvalue weighted by molar-refractivity contribution is 7.89. The minimum atomic E-state index is -3.61. The van der Waals surface area contributed by atoms with Crippen molar-refractivity contribution in [2.75, 3.05) is 13.1 Å². The van der Waals surface area contributed by atoms with E-state index in [0.717, 1.165) is 31.5 Å². The second-order valence-electron chi connectivity index (χ2n) is 4.95. The van der Waals surface area contributed by atoms with Crippen molar-refractivity contribution in [1.29, 1.82) is 0 Å². The van der Waals surface area contributed by atoms with Crippen LogP contribution in [0.2, 0.25) is 0 Å². The first-order valence-electron chi connectivity index (χ1n) is 6.61. The largest absolute Gasteiger partial charge is 0.317 e. The third-order valence-electron chi connectivity index (χ3n) is 3.40. The van der Waals surface area contributed by atoms with Crippen LogP contribution in [0.5, 0.6) is 0 Å². The van der Waals surface area contributed by atoms with Crippen molar-refractivity contribution >= 4 is 10.0 Å². The first-order chi connectivity index (χ1) is 9.05. The molecule has 1 aromatic carbocycles. The van der Waals surface area contributed by atoms with Gasteiger partial charge in [0.05, 0.1) is 4.90 Å². The van der Waals surface area contributed by atoms with Crippen LogP contribution in [0.3, 0.4) is 0 Å². The Hall–Kier alpha value is -0.950. The third-order valence-corrected chi connectivity index (χ3v) is 4.31. The van der Waals surface area contributed by atoms with Gasteiger partial charge in [-0.1, -0.05) is 12.1 Å². The zero-order chi connectivity index (χ0) is 13.7. The summed E-state index contributed by atoms with van der Waals surface area (Å²) in [5.41, 5.74) is 0.948. The lowest BCUT2D eigenvalue weighted by Crippen LogP contribution is -2.29. The van der Waals surface area contributed by atoms with Gasteiger partial charge in [0.2, 0.25) is 10.0 Å². The van der Waals surface area contributed by atoms with E-state index in [4.69, 9.17) is 5.14 Å². The molecule has 1 aliphatic heterocycles. The molecule has 4 N–H and O–H groups in total. The summed E-state index contributed by atoms with van der Waals surface area (Å²) in [6.07, 6.45) is 3.44. The normalized spacial score (nSPS) is 21.0. The van der Waals surface area contributed by atoms with Gasteiger partial charge in [0, 0.05) is 12.6 Å². The van der Waals surface area contributed by atoms with Crippen LogP contribution < -0.4 is 15.8 Å². The van der Waals surface area contributed by atoms with E-state index in [1.165, 1.54) is 12.5 Å². The van der Waals surface area contributed by atoms with E-state index in [1.54, 1.807) is 12.1 Å². The number of nitrogens with one attached hydrogen (secondary N) is 2. The molecule has 106 valence electrons. The Kier molecular flexibility index (Phi) is 4.93. The molecule has 0 saturated carbocycles. The fraction of sp³-hybridized carbons (Fsp3) is 0.538. The van der Waals surface area contributed by atoms with Crippen LogP contribution in [-0.4, -0.2) is 27.5 Å². The van der Waals surface area contributed by atoms with Crippen LogP contribution in [0.4, 0.5) is 0 Å². The highest BCUT2D eigenvalue weighted by Gasteiger charge is 2.12. The predicted molar refractivity (Wildman–Crippen MR) is 75.2 cm³/mol. The van der Waals surface area contributed by atoms with E-state index < -0.39 is 10.0 Å². The van der Waals surface area contributed by atoms with Crippen LogP contribution in [0.1, 0.15) is 24.8 Å². The zero-order valence-corrected chi connectivity index (χ0v) is 11.7. The van der Waals surface area contributed by atoms with Gasteiger partial charge in [-0.25, -0.2) is 13.6 Å². The maximum atomic E-state index is 11.3. The van der Waals surface area contributed by atoms with Crippen LogP contribution in [0.15, 0.2) is 29.2 Å². The summed E-state index contributed by atoms with van der Waals surface area (Å²) in [4.78, 5) is 0.175. The van der Waals surface area contributed by atoms with Gasteiger partial charge in [0.25, 0.3) is 0 Å². The SMILES string of the molecule is NS(=O)(=O)c1cccc(CNC2CCCNCC2)c1. The maximum absolute atomic E-state index is 11.3.